The highest BCUT2D eigenvalue weighted by molar-refractivity contribution is 8.39. The van der Waals surface area contributed by atoms with Crippen LogP contribution in [0.5, 0.6) is 0 Å². The molecular formula is C11H15N3O3S2. The highest BCUT2D eigenvalue weighted by atomic mass is 32.2. The largest absolute Gasteiger partial charge is 0.463 e. The molecule has 0 bridgehead atoms. The number of hydrogen-bond acceptors (Lipinski definition) is 6. The molecule has 0 aromatic rings. The number of nitrogens with zero attached hydrogens (tertiary/aromatic N) is 1. The summed E-state index contributed by atoms with van der Waals surface area (Å²) in [6.07, 6.45) is 0. The summed E-state index contributed by atoms with van der Waals surface area (Å²) >= 11 is 3.23. The van der Waals surface area contributed by atoms with Crippen LogP contribution in [0, 0.1) is 0 Å². The molecule has 2 heterocycles. The topological polar surface area (TPSA) is 79.8 Å². The summed E-state index contributed by atoms with van der Waals surface area (Å²) in [6.45, 7) is 3.12. The molecule has 0 fully saturated rings. The Bertz CT molecular complexity index is 448. The molecule has 104 valence electrons. The first kappa shape index (κ1) is 14.3. The fourth-order valence-corrected chi connectivity index (χ4v) is 3.60. The van der Waals surface area contributed by atoms with Crippen LogP contribution < -0.4 is 10.6 Å². The van der Waals surface area contributed by atoms with Crippen molar-refractivity contribution in [3.63, 3.8) is 0 Å². The monoisotopic (exact) mass is 301 g/mol. The molecule has 8 heteroatoms. The number of hydrogen-bond donors (Lipinski definition) is 2. The van der Waals surface area contributed by atoms with E-state index >= 15 is 0 Å². The second-order valence-corrected chi connectivity index (χ2v) is 6.08. The Kier molecular flexibility index (Phi) is 5.15. The second kappa shape index (κ2) is 6.85. The van der Waals surface area contributed by atoms with Crippen molar-refractivity contribution in [2.75, 3.05) is 31.2 Å². The van der Waals surface area contributed by atoms with Crippen molar-refractivity contribution in [1.82, 2.24) is 10.6 Å². The van der Waals surface area contributed by atoms with Gasteiger partial charge in [-0.2, -0.15) is 0 Å². The van der Waals surface area contributed by atoms with Crippen LogP contribution in [0.3, 0.4) is 0 Å². The third-order valence-electron chi connectivity index (χ3n) is 2.47. The Hall–Kier alpha value is -1.15. The van der Waals surface area contributed by atoms with Gasteiger partial charge in [-0.05, 0) is 6.92 Å². The summed E-state index contributed by atoms with van der Waals surface area (Å²) in [5.41, 5.74) is 1.10. The van der Waals surface area contributed by atoms with E-state index in [0.29, 0.717) is 23.6 Å². The van der Waals surface area contributed by atoms with Gasteiger partial charge in [0, 0.05) is 17.2 Å². The summed E-state index contributed by atoms with van der Waals surface area (Å²) in [7, 11) is 0. The van der Waals surface area contributed by atoms with E-state index < -0.39 is 0 Å². The van der Waals surface area contributed by atoms with E-state index in [4.69, 9.17) is 4.74 Å². The van der Waals surface area contributed by atoms with Crippen LogP contribution in [0.1, 0.15) is 6.92 Å². The molecule has 0 aromatic carbocycles. The van der Waals surface area contributed by atoms with Crippen LogP contribution in [-0.2, 0) is 9.53 Å². The Morgan fingerprint density at radius 3 is 3.11 bits per heavy atom. The number of aliphatic imine (C=N–C) groups is 1. The number of urea groups is 1. The normalized spacial score (nSPS) is 18.8. The summed E-state index contributed by atoms with van der Waals surface area (Å²) < 4.78 is 5.99. The van der Waals surface area contributed by atoms with Crippen LogP contribution in [0.25, 0.3) is 0 Å². The lowest BCUT2D eigenvalue weighted by Crippen LogP contribution is -2.44. The first-order valence-corrected chi connectivity index (χ1v) is 7.92. The van der Waals surface area contributed by atoms with Crippen LogP contribution in [-0.4, -0.2) is 47.6 Å². The number of carbonyl (C=O) groups excluding carboxylic acids is 2. The second-order valence-electron chi connectivity index (χ2n) is 3.77. The molecule has 2 amide bonds. The van der Waals surface area contributed by atoms with Gasteiger partial charge in [-0.25, -0.2) is 9.59 Å². The van der Waals surface area contributed by atoms with Crippen molar-refractivity contribution < 1.29 is 14.3 Å². The highest BCUT2D eigenvalue weighted by Crippen LogP contribution is 2.24. The minimum Gasteiger partial charge on any atom is -0.463 e. The molecule has 2 rings (SSSR count). The fourth-order valence-electron chi connectivity index (χ4n) is 1.61. The summed E-state index contributed by atoms with van der Waals surface area (Å²) in [5.74, 6) is 1.14. The van der Waals surface area contributed by atoms with Crippen molar-refractivity contribution >= 4 is 39.9 Å². The Morgan fingerprint density at radius 2 is 2.42 bits per heavy atom. The van der Waals surface area contributed by atoms with Crippen molar-refractivity contribution in [3.05, 3.63) is 11.3 Å². The third-order valence-corrected chi connectivity index (χ3v) is 4.75. The first-order valence-electron chi connectivity index (χ1n) is 5.94. The van der Waals surface area contributed by atoms with Crippen molar-refractivity contribution in [3.8, 4) is 0 Å². The highest BCUT2D eigenvalue weighted by Gasteiger charge is 2.24. The van der Waals surface area contributed by atoms with Gasteiger partial charge in [0.25, 0.3) is 0 Å². The molecule has 0 atom stereocenters. The van der Waals surface area contributed by atoms with E-state index in [1.165, 1.54) is 11.8 Å². The van der Waals surface area contributed by atoms with Gasteiger partial charge in [0.05, 0.1) is 25.3 Å². The number of carbonyl (C=O) groups is 2. The molecule has 0 radical (unpaired) electrons. The van der Waals surface area contributed by atoms with Gasteiger partial charge in [0.2, 0.25) is 0 Å². The zero-order valence-corrected chi connectivity index (χ0v) is 12.2. The lowest BCUT2D eigenvalue weighted by molar-refractivity contribution is -0.138. The SMILES string of the molecule is CCOC(=O)C1=C(CSC2=NCCS2)NC(=O)NC1. The minimum absolute atomic E-state index is 0.209. The number of rotatable bonds is 4. The summed E-state index contributed by atoms with van der Waals surface area (Å²) in [4.78, 5) is 27.5. The predicted octanol–water partition coefficient (Wildman–Crippen LogP) is 0.952. The molecular weight excluding hydrogens is 286 g/mol. The van der Waals surface area contributed by atoms with Crippen molar-refractivity contribution in [2.45, 2.75) is 6.92 Å². The fraction of sp³-hybridized carbons (Fsp3) is 0.545. The third kappa shape index (κ3) is 3.90. The number of nitrogens with one attached hydrogen (secondary N) is 2. The molecule has 0 saturated carbocycles. The smallest absolute Gasteiger partial charge is 0.337 e. The maximum Gasteiger partial charge on any atom is 0.337 e. The van der Waals surface area contributed by atoms with E-state index in [1.54, 1.807) is 18.7 Å². The molecule has 0 spiro atoms. The molecule has 0 aliphatic carbocycles. The van der Waals surface area contributed by atoms with Crippen molar-refractivity contribution in [2.24, 2.45) is 4.99 Å². The zero-order chi connectivity index (χ0) is 13.7. The van der Waals surface area contributed by atoms with Crippen LogP contribution in [0.4, 0.5) is 4.79 Å². The molecule has 0 saturated heterocycles. The van der Waals surface area contributed by atoms with Crippen molar-refractivity contribution in [1.29, 1.82) is 0 Å². The average Bonchev–Trinajstić information content (AvgIpc) is 2.89. The van der Waals surface area contributed by atoms with E-state index in [0.717, 1.165) is 16.7 Å². The van der Waals surface area contributed by atoms with Gasteiger partial charge in [0.1, 0.15) is 4.38 Å². The Labute approximate surface area is 119 Å². The molecule has 6 nitrogen and oxygen atoms in total. The maximum atomic E-state index is 11.8. The zero-order valence-electron chi connectivity index (χ0n) is 10.5. The molecule has 0 aromatic heterocycles. The van der Waals surface area contributed by atoms with Gasteiger partial charge < -0.3 is 15.4 Å². The maximum absolute atomic E-state index is 11.8. The van der Waals surface area contributed by atoms with Crippen LogP contribution in [0.15, 0.2) is 16.3 Å². The lowest BCUT2D eigenvalue weighted by Gasteiger charge is -2.20. The molecule has 2 aliphatic heterocycles. The van der Waals surface area contributed by atoms with E-state index in [-0.39, 0.29) is 18.5 Å². The average molecular weight is 301 g/mol. The van der Waals surface area contributed by atoms with Crippen LogP contribution >= 0.6 is 23.5 Å². The molecule has 0 unspecified atom stereocenters. The van der Waals surface area contributed by atoms with Gasteiger partial charge in [-0.1, -0.05) is 23.5 Å². The molecule has 19 heavy (non-hydrogen) atoms. The van der Waals surface area contributed by atoms with E-state index in [2.05, 4.69) is 15.6 Å². The quantitative estimate of drug-likeness (QED) is 0.756. The summed E-state index contributed by atoms with van der Waals surface area (Å²) in [6, 6.07) is -0.287. The Morgan fingerprint density at radius 1 is 1.58 bits per heavy atom. The standard InChI is InChI=1S/C11H15N3O3S2/c1-2-17-9(15)7-5-13-10(16)14-8(7)6-19-11-12-3-4-18-11/h2-6H2,1H3,(H2,13,14,16). The first-order chi connectivity index (χ1) is 9.20. The predicted molar refractivity (Wildman–Crippen MR) is 77.4 cm³/mol. The van der Waals surface area contributed by atoms with E-state index in [9.17, 15) is 9.59 Å². The number of ether oxygens (including phenoxy) is 1. The summed E-state index contributed by atoms with van der Waals surface area (Å²) in [5, 5.41) is 5.25. The van der Waals surface area contributed by atoms with Gasteiger partial charge in [-0.15, -0.1) is 0 Å². The Balaban J connectivity index is 2.05. The number of thioether (sulfide) groups is 2. The lowest BCUT2D eigenvalue weighted by atomic mass is 10.2. The van der Waals surface area contributed by atoms with Gasteiger partial charge in [-0.3, -0.25) is 4.99 Å². The minimum atomic E-state index is -0.383. The number of amides is 2. The van der Waals surface area contributed by atoms with E-state index in [1.807, 2.05) is 0 Å². The number of esters is 1. The molecule has 2 N–H and O–H groups in total. The molecule has 2 aliphatic rings. The van der Waals surface area contributed by atoms with Gasteiger partial charge in [0.15, 0.2) is 0 Å². The van der Waals surface area contributed by atoms with Gasteiger partial charge >= 0.3 is 12.0 Å². The van der Waals surface area contributed by atoms with Crippen LogP contribution in [0.2, 0.25) is 0 Å².